The van der Waals surface area contributed by atoms with Gasteiger partial charge in [-0.05, 0) is 18.6 Å². The van der Waals surface area contributed by atoms with Gasteiger partial charge in [-0.1, -0.05) is 109 Å². The van der Waals surface area contributed by atoms with Gasteiger partial charge in [0.25, 0.3) is 0 Å². The van der Waals surface area contributed by atoms with Crippen LogP contribution in [0, 0.1) is 0 Å². The smallest absolute Gasteiger partial charge is 0.306 e. The standard InChI is InChI=1S/C41H66N2O7/c1-6-7-8-9-10-11-12-13-14-15-16-17-18-19-20-25-40(44)50-35(33-49-34-30-38(46-3)41(48-5)39(31-34)47-4)32-42-26-28-43(29-27-42)36-23-21-22-24-37(36)45-2/h21-24,30-31,35H,6-20,25-29,32-33H2,1-5H3. The first kappa shape index (κ1) is 41.1. The number of ether oxygens (including phenoxy) is 6. The number of esters is 1. The molecule has 9 heteroatoms. The van der Waals surface area contributed by atoms with E-state index in [1.165, 1.54) is 83.5 Å². The first-order chi connectivity index (χ1) is 24.5. The molecule has 1 saturated heterocycles. The lowest BCUT2D eigenvalue weighted by molar-refractivity contribution is -0.151. The van der Waals surface area contributed by atoms with Crippen molar-refractivity contribution in [2.45, 2.75) is 116 Å². The molecule has 9 nitrogen and oxygen atoms in total. The van der Waals surface area contributed by atoms with E-state index in [-0.39, 0.29) is 12.6 Å². The van der Waals surface area contributed by atoms with E-state index < -0.39 is 6.10 Å². The minimum absolute atomic E-state index is 0.161. The Balaban J connectivity index is 1.43. The molecule has 2 aromatic rings. The SMILES string of the molecule is CCCCCCCCCCCCCCCCCC(=O)OC(COc1cc(OC)c(OC)c(OC)c1)CN1CCN(c2ccccc2OC)CC1. The fourth-order valence-electron chi connectivity index (χ4n) is 6.69. The van der Waals surface area contributed by atoms with Crippen LogP contribution in [0.5, 0.6) is 28.7 Å². The van der Waals surface area contributed by atoms with Crippen molar-refractivity contribution in [3.05, 3.63) is 36.4 Å². The molecule has 2 aromatic carbocycles. The Bertz CT molecular complexity index is 1180. The van der Waals surface area contributed by atoms with Crippen LogP contribution < -0.4 is 28.6 Å². The van der Waals surface area contributed by atoms with Crippen LogP contribution in [-0.2, 0) is 9.53 Å². The second-order valence-electron chi connectivity index (χ2n) is 13.4. The average molecular weight is 699 g/mol. The maximum Gasteiger partial charge on any atom is 0.306 e. The number of unbranched alkanes of at least 4 members (excludes halogenated alkanes) is 14. The highest BCUT2D eigenvalue weighted by Crippen LogP contribution is 2.41. The second-order valence-corrected chi connectivity index (χ2v) is 13.4. The Morgan fingerprint density at radius 1 is 0.660 bits per heavy atom. The Kier molecular flexibility index (Phi) is 20.3. The summed E-state index contributed by atoms with van der Waals surface area (Å²) in [5, 5.41) is 0. The lowest BCUT2D eigenvalue weighted by atomic mass is 10.0. The maximum absolute atomic E-state index is 13.1. The van der Waals surface area contributed by atoms with Gasteiger partial charge in [0.05, 0.1) is 34.1 Å². The number of piperazine rings is 1. The van der Waals surface area contributed by atoms with Crippen LogP contribution >= 0.6 is 0 Å². The van der Waals surface area contributed by atoms with Crippen molar-refractivity contribution in [2.75, 3.05) is 72.7 Å². The molecule has 0 N–H and O–H groups in total. The maximum atomic E-state index is 13.1. The fourth-order valence-corrected chi connectivity index (χ4v) is 6.69. The number of carbonyl (C=O) groups is 1. The van der Waals surface area contributed by atoms with E-state index in [4.69, 9.17) is 28.4 Å². The Hall–Kier alpha value is -3.33. The van der Waals surface area contributed by atoms with Crippen molar-refractivity contribution < 1.29 is 33.2 Å². The van der Waals surface area contributed by atoms with Gasteiger partial charge in [-0.25, -0.2) is 0 Å². The number of benzene rings is 2. The molecule has 1 unspecified atom stereocenters. The summed E-state index contributed by atoms with van der Waals surface area (Å²) in [5.41, 5.74) is 1.10. The predicted octanol–water partition coefficient (Wildman–Crippen LogP) is 9.10. The number of nitrogens with zero attached hydrogens (tertiary/aromatic N) is 2. The van der Waals surface area contributed by atoms with E-state index in [0.29, 0.717) is 36.0 Å². The summed E-state index contributed by atoms with van der Waals surface area (Å²) in [7, 11) is 6.44. The van der Waals surface area contributed by atoms with Crippen molar-refractivity contribution in [3.8, 4) is 28.7 Å². The summed E-state index contributed by atoms with van der Waals surface area (Å²) in [6.45, 7) is 6.48. The van der Waals surface area contributed by atoms with Gasteiger partial charge in [-0.3, -0.25) is 9.69 Å². The first-order valence-corrected chi connectivity index (χ1v) is 19.3. The molecule has 0 saturated carbocycles. The summed E-state index contributed by atoms with van der Waals surface area (Å²) < 4.78 is 34.3. The molecule has 1 fully saturated rings. The highest BCUT2D eigenvalue weighted by molar-refractivity contribution is 5.69. The zero-order chi connectivity index (χ0) is 35.8. The van der Waals surface area contributed by atoms with Gasteiger partial charge in [0.15, 0.2) is 11.5 Å². The number of anilines is 1. The Labute approximate surface area is 302 Å². The minimum atomic E-state index is -0.421. The molecule has 282 valence electrons. The summed E-state index contributed by atoms with van der Waals surface area (Å²) in [6.07, 6.45) is 19.4. The molecule has 50 heavy (non-hydrogen) atoms. The van der Waals surface area contributed by atoms with Crippen LogP contribution in [0.1, 0.15) is 110 Å². The molecule has 0 aromatic heterocycles. The van der Waals surface area contributed by atoms with Crippen LogP contribution in [0.4, 0.5) is 5.69 Å². The van der Waals surface area contributed by atoms with Gasteiger partial charge >= 0.3 is 5.97 Å². The van der Waals surface area contributed by atoms with Crippen molar-refractivity contribution in [2.24, 2.45) is 0 Å². The molecule has 0 amide bonds. The zero-order valence-electron chi connectivity index (χ0n) is 31.8. The topological polar surface area (TPSA) is 78.9 Å². The molecule has 1 aliphatic rings. The Morgan fingerprint density at radius 2 is 1.18 bits per heavy atom. The van der Waals surface area contributed by atoms with Crippen molar-refractivity contribution in [1.82, 2.24) is 4.90 Å². The number of methoxy groups -OCH3 is 4. The van der Waals surface area contributed by atoms with Crippen molar-refractivity contribution >= 4 is 11.7 Å². The van der Waals surface area contributed by atoms with E-state index >= 15 is 0 Å². The summed E-state index contributed by atoms with van der Waals surface area (Å²) in [6, 6.07) is 11.7. The number of para-hydroxylation sites is 2. The first-order valence-electron chi connectivity index (χ1n) is 19.3. The molecule has 0 bridgehead atoms. The summed E-state index contributed by atoms with van der Waals surface area (Å²) in [5.74, 6) is 2.80. The van der Waals surface area contributed by atoms with Gasteiger partial charge in [-0.15, -0.1) is 0 Å². The highest BCUT2D eigenvalue weighted by Gasteiger charge is 2.25. The molecule has 1 heterocycles. The molecular weight excluding hydrogens is 632 g/mol. The fraction of sp³-hybridized carbons (Fsp3) is 0.683. The zero-order valence-corrected chi connectivity index (χ0v) is 31.8. The molecule has 3 rings (SSSR count). The van der Waals surface area contributed by atoms with E-state index in [0.717, 1.165) is 50.5 Å². The lowest BCUT2D eigenvalue weighted by Crippen LogP contribution is -2.50. The molecule has 0 aliphatic carbocycles. The van der Waals surface area contributed by atoms with Crippen molar-refractivity contribution in [3.63, 3.8) is 0 Å². The summed E-state index contributed by atoms with van der Waals surface area (Å²) in [4.78, 5) is 17.7. The quantitative estimate of drug-likeness (QED) is 0.0671. The summed E-state index contributed by atoms with van der Waals surface area (Å²) >= 11 is 0. The van der Waals surface area contributed by atoms with E-state index in [9.17, 15) is 4.79 Å². The minimum Gasteiger partial charge on any atom is -0.495 e. The van der Waals surface area contributed by atoms with Crippen LogP contribution in [0.3, 0.4) is 0 Å². The third kappa shape index (κ3) is 14.9. The normalized spacial score (nSPS) is 13.9. The second kappa shape index (κ2) is 24.8. The Morgan fingerprint density at radius 3 is 1.70 bits per heavy atom. The van der Waals surface area contributed by atoms with E-state index in [1.807, 2.05) is 18.2 Å². The van der Waals surface area contributed by atoms with Crippen LogP contribution in [-0.4, -0.2) is 84.7 Å². The van der Waals surface area contributed by atoms with Crippen LogP contribution in [0.15, 0.2) is 36.4 Å². The number of rotatable bonds is 27. The number of hydrogen-bond donors (Lipinski definition) is 0. The third-order valence-corrected chi connectivity index (χ3v) is 9.62. The lowest BCUT2D eigenvalue weighted by Gasteiger charge is -2.37. The highest BCUT2D eigenvalue weighted by atomic mass is 16.6. The molecule has 0 spiro atoms. The van der Waals surface area contributed by atoms with E-state index in [2.05, 4.69) is 22.8 Å². The van der Waals surface area contributed by atoms with E-state index in [1.54, 1.807) is 40.6 Å². The van der Waals surface area contributed by atoms with Gasteiger partial charge in [0.2, 0.25) is 5.75 Å². The molecular formula is C41H66N2O7. The monoisotopic (exact) mass is 698 g/mol. The van der Waals surface area contributed by atoms with Crippen LogP contribution in [0.2, 0.25) is 0 Å². The van der Waals surface area contributed by atoms with Crippen LogP contribution in [0.25, 0.3) is 0 Å². The molecule has 1 aliphatic heterocycles. The number of hydrogen-bond acceptors (Lipinski definition) is 9. The van der Waals surface area contributed by atoms with Gasteiger partial charge < -0.3 is 33.3 Å². The average Bonchev–Trinajstić information content (AvgIpc) is 3.15. The third-order valence-electron chi connectivity index (χ3n) is 9.62. The van der Waals surface area contributed by atoms with Gasteiger partial charge in [0.1, 0.15) is 24.2 Å². The van der Waals surface area contributed by atoms with Gasteiger partial charge in [-0.2, -0.15) is 0 Å². The predicted molar refractivity (Wildman–Crippen MR) is 203 cm³/mol. The molecule has 1 atom stereocenters. The number of carbonyl (C=O) groups excluding carboxylic acids is 1. The van der Waals surface area contributed by atoms with Gasteiger partial charge in [0, 0.05) is 51.3 Å². The molecule has 0 radical (unpaired) electrons. The largest absolute Gasteiger partial charge is 0.495 e. The van der Waals surface area contributed by atoms with Crippen molar-refractivity contribution in [1.29, 1.82) is 0 Å².